The van der Waals surface area contributed by atoms with E-state index in [4.69, 9.17) is 23.2 Å². The molecule has 6 nitrogen and oxygen atoms in total. The smallest absolute Gasteiger partial charge is 0.227 e. The van der Waals surface area contributed by atoms with Gasteiger partial charge in [0.05, 0.1) is 23.4 Å². The van der Waals surface area contributed by atoms with Crippen LogP contribution < -0.4 is 5.32 Å². The molecule has 1 aromatic carbocycles. The molecule has 2 fully saturated rings. The van der Waals surface area contributed by atoms with Gasteiger partial charge in [0.25, 0.3) is 0 Å². The van der Waals surface area contributed by atoms with Crippen LogP contribution in [0.1, 0.15) is 36.8 Å². The van der Waals surface area contributed by atoms with Gasteiger partial charge in [0.1, 0.15) is 6.17 Å². The molecule has 1 N–H and O–H groups in total. The quantitative estimate of drug-likeness (QED) is 0.627. The number of aromatic nitrogens is 4. The zero-order valence-electron chi connectivity index (χ0n) is 15.9. The van der Waals surface area contributed by atoms with E-state index in [1.54, 1.807) is 12.4 Å². The Bertz CT molecular complexity index is 1070. The maximum Gasteiger partial charge on any atom is 0.227 e. The molecule has 5 rings (SSSR count). The average molecular weight is 435 g/mol. The molecule has 29 heavy (non-hydrogen) atoms. The Labute approximate surface area is 178 Å². The lowest BCUT2D eigenvalue weighted by molar-refractivity contribution is 0.139. The summed E-state index contributed by atoms with van der Waals surface area (Å²) in [7, 11) is 1.94. The van der Waals surface area contributed by atoms with Gasteiger partial charge in [-0.2, -0.15) is 5.10 Å². The minimum absolute atomic E-state index is 0.222. The first-order valence-electron chi connectivity index (χ1n) is 9.78. The van der Waals surface area contributed by atoms with Gasteiger partial charge in [0.2, 0.25) is 5.95 Å². The summed E-state index contributed by atoms with van der Waals surface area (Å²) >= 11 is 12.9. The van der Waals surface area contributed by atoms with Crippen LogP contribution in [0.5, 0.6) is 0 Å². The summed E-state index contributed by atoms with van der Waals surface area (Å²) < 4.78 is 16.5. The Morgan fingerprint density at radius 2 is 2.00 bits per heavy atom. The van der Waals surface area contributed by atoms with Crippen molar-refractivity contribution < 1.29 is 4.39 Å². The van der Waals surface area contributed by atoms with Crippen molar-refractivity contribution in [1.82, 2.24) is 24.6 Å². The number of rotatable bonds is 4. The van der Waals surface area contributed by atoms with Crippen molar-refractivity contribution in [2.45, 2.75) is 37.4 Å². The van der Waals surface area contributed by atoms with Crippen molar-refractivity contribution in [3.63, 3.8) is 0 Å². The van der Waals surface area contributed by atoms with E-state index in [1.165, 1.54) is 0 Å². The minimum atomic E-state index is -0.949. The van der Waals surface area contributed by atoms with Crippen LogP contribution in [0.25, 0.3) is 10.9 Å². The molecule has 152 valence electrons. The number of benzene rings is 1. The molecule has 1 aliphatic heterocycles. The van der Waals surface area contributed by atoms with Gasteiger partial charge in [0, 0.05) is 29.1 Å². The van der Waals surface area contributed by atoms with Crippen molar-refractivity contribution in [3.8, 4) is 0 Å². The monoisotopic (exact) mass is 434 g/mol. The van der Waals surface area contributed by atoms with Crippen LogP contribution in [0.15, 0.2) is 24.5 Å². The van der Waals surface area contributed by atoms with E-state index in [9.17, 15) is 4.39 Å². The number of fused-ring (bicyclic) bond motifs is 1. The van der Waals surface area contributed by atoms with Crippen molar-refractivity contribution in [2.75, 3.05) is 25.5 Å². The van der Waals surface area contributed by atoms with Crippen LogP contribution >= 0.6 is 23.2 Å². The molecule has 1 saturated heterocycles. The molecule has 2 aromatic heterocycles. The first-order chi connectivity index (χ1) is 14.0. The third-order valence-corrected chi connectivity index (χ3v) is 6.42. The summed E-state index contributed by atoms with van der Waals surface area (Å²) in [5, 5.41) is 9.42. The highest BCUT2D eigenvalue weighted by Gasteiger charge is 2.31. The van der Waals surface area contributed by atoms with Crippen molar-refractivity contribution in [3.05, 3.63) is 40.3 Å². The number of hydrogen-bond donors (Lipinski definition) is 1. The van der Waals surface area contributed by atoms with E-state index < -0.39 is 6.17 Å². The molecule has 1 saturated carbocycles. The number of anilines is 2. The van der Waals surface area contributed by atoms with Crippen LogP contribution in [0, 0.1) is 0 Å². The molecule has 0 spiro atoms. The van der Waals surface area contributed by atoms with Gasteiger partial charge in [0.15, 0.2) is 5.15 Å². The van der Waals surface area contributed by atoms with Gasteiger partial charge >= 0.3 is 0 Å². The molecule has 0 radical (unpaired) electrons. The predicted octanol–water partition coefficient (Wildman–Crippen LogP) is 4.97. The van der Waals surface area contributed by atoms with Gasteiger partial charge in [-0.05, 0) is 50.6 Å². The molecule has 9 heteroatoms. The van der Waals surface area contributed by atoms with E-state index in [-0.39, 0.29) is 5.92 Å². The fraction of sp³-hybridized carbons (Fsp3) is 0.450. The molecule has 0 bridgehead atoms. The van der Waals surface area contributed by atoms with Crippen LogP contribution in [0.4, 0.5) is 16.0 Å². The Morgan fingerprint density at radius 3 is 2.76 bits per heavy atom. The Morgan fingerprint density at radius 1 is 1.17 bits per heavy atom. The van der Waals surface area contributed by atoms with Crippen molar-refractivity contribution >= 4 is 45.7 Å². The zero-order chi connectivity index (χ0) is 20.1. The second-order valence-corrected chi connectivity index (χ2v) is 8.71. The van der Waals surface area contributed by atoms with Crippen molar-refractivity contribution in [2.24, 2.45) is 0 Å². The number of likely N-dealkylation sites (tertiary alicyclic amines) is 1. The standard InChI is InChI=1S/C20H21Cl2FN6/c1-28-5-4-13(16(23)10-28)14-7-17-11(6-15(14)21)8-24-20(26-17)27-18-9-25-29(19(18)22)12-2-3-12/h6-9,12-13,16H,2-5,10H2,1H3,(H,24,26,27)/t13-,16+/m0/s1. The van der Waals surface area contributed by atoms with Crippen LogP contribution in [-0.2, 0) is 0 Å². The summed E-state index contributed by atoms with van der Waals surface area (Å²) in [6.07, 6.45) is 5.38. The first kappa shape index (κ1) is 19.0. The highest BCUT2D eigenvalue weighted by atomic mass is 35.5. The van der Waals surface area contributed by atoms with E-state index >= 15 is 0 Å². The van der Waals surface area contributed by atoms with Crippen LogP contribution in [0.2, 0.25) is 10.2 Å². The lowest BCUT2D eigenvalue weighted by atomic mass is 9.87. The number of hydrogen-bond acceptors (Lipinski definition) is 5. The van der Waals surface area contributed by atoms with Gasteiger partial charge in [-0.3, -0.25) is 0 Å². The summed E-state index contributed by atoms with van der Waals surface area (Å²) in [5.74, 6) is 0.198. The largest absolute Gasteiger partial charge is 0.320 e. The van der Waals surface area contributed by atoms with E-state index in [0.29, 0.717) is 34.4 Å². The maximum atomic E-state index is 14.7. The number of halogens is 3. The lowest BCUT2D eigenvalue weighted by Gasteiger charge is -2.33. The summed E-state index contributed by atoms with van der Waals surface area (Å²) in [4.78, 5) is 11.0. The highest BCUT2D eigenvalue weighted by Crippen LogP contribution is 2.39. The Kier molecular flexibility index (Phi) is 4.84. The van der Waals surface area contributed by atoms with Crippen molar-refractivity contribution in [1.29, 1.82) is 0 Å². The summed E-state index contributed by atoms with van der Waals surface area (Å²) in [6.45, 7) is 1.26. The highest BCUT2D eigenvalue weighted by molar-refractivity contribution is 6.32. The maximum absolute atomic E-state index is 14.7. The number of nitrogens with one attached hydrogen (secondary N) is 1. The molecule has 3 aromatic rings. The van der Waals surface area contributed by atoms with Gasteiger partial charge in [-0.1, -0.05) is 23.2 Å². The van der Waals surface area contributed by atoms with Gasteiger partial charge in [-0.25, -0.2) is 19.0 Å². The van der Waals surface area contributed by atoms with Crippen LogP contribution in [0.3, 0.4) is 0 Å². The molecular formula is C20H21Cl2FN6. The SMILES string of the molecule is CN1CC[C@@H](c2cc3nc(Nc4cnn(C5CC5)c4Cl)ncc3cc2Cl)[C@H](F)C1. The Balaban J connectivity index is 1.45. The molecule has 1 aliphatic carbocycles. The fourth-order valence-corrected chi connectivity index (χ4v) is 4.53. The molecular weight excluding hydrogens is 414 g/mol. The summed E-state index contributed by atoms with van der Waals surface area (Å²) in [6, 6.07) is 4.10. The number of alkyl halides is 1. The molecule has 2 atom stereocenters. The van der Waals surface area contributed by atoms with Crippen LogP contribution in [-0.4, -0.2) is 51.0 Å². The molecule has 0 amide bonds. The average Bonchev–Trinajstić information content (AvgIpc) is 3.46. The van der Waals surface area contributed by atoms with Gasteiger partial charge < -0.3 is 10.2 Å². The fourth-order valence-electron chi connectivity index (χ4n) is 3.94. The van der Waals surface area contributed by atoms with E-state index in [0.717, 1.165) is 42.3 Å². The second-order valence-electron chi connectivity index (χ2n) is 7.95. The van der Waals surface area contributed by atoms with E-state index in [1.807, 2.05) is 28.8 Å². The molecule has 0 unspecified atom stereocenters. The topological polar surface area (TPSA) is 58.9 Å². The summed E-state index contributed by atoms with van der Waals surface area (Å²) in [5.41, 5.74) is 2.20. The van der Waals surface area contributed by atoms with Gasteiger partial charge in [-0.15, -0.1) is 0 Å². The number of nitrogens with zero attached hydrogens (tertiary/aromatic N) is 5. The zero-order valence-corrected chi connectivity index (χ0v) is 17.5. The second kappa shape index (κ2) is 7.38. The first-order valence-corrected chi connectivity index (χ1v) is 10.5. The lowest BCUT2D eigenvalue weighted by Crippen LogP contribution is -2.38. The molecule has 2 aliphatic rings. The van der Waals surface area contributed by atoms with E-state index in [2.05, 4.69) is 20.4 Å². The normalized spacial score (nSPS) is 22.9. The number of piperidine rings is 1. The third kappa shape index (κ3) is 3.67. The third-order valence-electron chi connectivity index (χ3n) is 5.72. The minimum Gasteiger partial charge on any atom is -0.320 e. The molecule has 3 heterocycles. The Hall–Kier alpha value is -1.96. The predicted molar refractivity (Wildman–Crippen MR) is 113 cm³/mol.